The summed E-state index contributed by atoms with van der Waals surface area (Å²) in [5.41, 5.74) is 0. The zero-order valence-corrected chi connectivity index (χ0v) is 12.1. The number of quaternary nitrogens is 1. The largest absolute Gasteiger partial charge is 1.00 e. The summed E-state index contributed by atoms with van der Waals surface area (Å²) in [6.07, 6.45) is 11.2. The monoisotopic (exact) mass is 225 g/mol. The van der Waals surface area contributed by atoms with E-state index in [1.807, 2.05) is 0 Å². The highest BCUT2D eigenvalue weighted by Gasteiger charge is 2.12. The van der Waals surface area contributed by atoms with Crippen LogP contribution in [0.25, 0.3) is 0 Å². The van der Waals surface area contributed by atoms with Gasteiger partial charge in [-0.3, -0.25) is 0 Å². The summed E-state index contributed by atoms with van der Waals surface area (Å²) in [4.78, 5) is 0. The maximum Gasteiger partial charge on any atom is 0.0782 e. The fraction of sp³-hybridized carbons (Fsp3) is 1.00. The molecule has 0 fully saturated rings. The molecular weight excluding hydrogens is 193 g/mol. The van der Waals surface area contributed by atoms with Crippen LogP contribution in [0, 0.1) is 0 Å². The molecule has 0 aliphatic heterocycles. The number of nitrogens with zero attached hydrogens (tertiary/aromatic N) is 1. The molecule has 0 saturated heterocycles. The van der Waals surface area contributed by atoms with Gasteiger partial charge in [0.15, 0.2) is 0 Å². The highest BCUT2D eigenvalue weighted by atomic mass is 15.3. The van der Waals surface area contributed by atoms with Gasteiger partial charge in [0, 0.05) is 0 Å². The van der Waals surface area contributed by atoms with Crippen LogP contribution in [0.3, 0.4) is 0 Å². The summed E-state index contributed by atoms with van der Waals surface area (Å²) in [6, 6.07) is 0. The van der Waals surface area contributed by atoms with Gasteiger partial charge in [-0.2, -0.15) is 0 Å². The summed E-state index contributed by atoms with van der Waals surface area (Å²) in [5.74, 6) is 0. The van der Waals surface area contributed by atoms with Gasteiger partial charge in [0.2, 0.25) is 0 Å². The molecule has 16 heavy (non-hydrogen) atoms. The lowest BCUT2D eigenvalue weighted by atomic mass is 10.1. The van der Waals surface area contributed by atoms with Crippen molar-refractivity contribution in [3.63, 3.8) is 0 Å². The molecule has 2 heteroatoms. The molecule has 1 nitrogen and oxygen atoms in total. The molecular formula is C14H32BN. The molecule has 0 aromatic carbocycles. The molecule has 0 spiro atoms. The van der Waals surface area contributed by atoms with Gasteiger partial charge in [-0.1, -0.05) is 39.5 Å². The van der Waals surface area contributed by atoms with E-state index in [-0.39, 0.29) is 8.41 Å². The molecule has 0 aromatic heterocycles. The molecule has 0 bridgehead atoms. The molecule has 0 rings (SSSR count). The van der Waals surface area contributed by atoms with Crippen LogP contribution in [0.5, 0.6) is 0 Å². The van der Waals surface area contributed by atoms with Gasteiger partial charge < -0.3 is 12.9 Å². The lowest BCUT2D eigenvalue weighted by Crippen LogP contribution is -2.41. The third kappa shape index (κ3) is 12.1. The van der Waals surface area contributed by atoms with Crippen molar-refractivity contribution in [3.8, 4) is 0 Å². The van der Waals surface area contributed by atoms with Crippen LogP contribution in [0.2, 0.25) is 0 Å². The highest BCUT2D eigenvalue weighted by molar-refractivity contribution is 5.75. The Morgan fingerprint density at radius 2 is 1.00 bits per heavy atom. The number of rotatable bonds is 10. The Bertz CT molecular complexity index is 121. The average Bonchev–Trinajstić information content (AvgIpc) is 2.20. The summed E-state index contributed by atoms with van der Waals surface area (Å²) in [5, 5.41) is 0. The second-order valence-electron chi connectivity index (χ2n) is 5.50. The van der Waals surface area contributed by atoms with Crippen LogP contribution >= 0.6 is 0 Å². The van der Waals surface area contributed by atoms with Gasteiger partial charge in [-0.25, -0.2) is 0 Å². The minimum absolute atomic E-state index is 0. The summed E-state index contributed by atoms with van der Waals surface area (Å²) in [7, 11) is 4.77. The Morgan fingerprint density at radius 3 is 1.31 bits per heavy atom. The van der Waals surface area contributed by atoms with E-state index in [4.69, 9.17) is 0 Å². The standard InChI is InChI=1S/C14H32N.B/c1-5-7-9-11-13-15(3,4)14-12-10-8-6-2;/h5-14H2,1-4H3;/q+1;-1. The van der Waals surface area contributed by atoms with Crippen LogP contribution in [0.15, 0.2) is 0 Å². The molecule has 0 atom stereocenters. The molecule has 0 aliphatic carbocycles. The summed E-state index contributed by atoms with van der Waals surface area (Å²) in [6.45, 7) is 7.30. The van der Waals surface area contributed by atoms with Gasteiger partial charge in [0.25, 0.3) is 0 Å². The third-order valence-corrected chi connectivity index (χ3v) is 3.23. The highest BCUT2D eigenvalue weighted by Crippen LogP contribution is 2.08. The first-order valence-electron chi connectivity index (χ1n) is 6.94. The average molecular weight is 225 g/mol. The van der Waals surface area contributed by atoms with E-state index < -0.39 is 0 Å². The molecule has 0 heterocycles. The number of hydrogen-bond acceptors (Lipinski definition) is 0. The van der Waals surface area contributed by atoms with Crippen molar-refractivity contribution in [1.82, 2.24) is 0 Å². The van der Waals surface area contributed by atoms with Gasteiger partial charge >= 0.3 is 0 Å². The van der Waals surface area contributed by atoms with Gasteiger partial charge in [-0.15, -0.1) is 0 Å². The van der Waals surface area contributed by atoms with Crippen molar-refractivity contribution >= 4 is 8.41 Å². The predicted octanol–water partition coefficient (Wildman–Crippen LogP) is 3.84. The molecule has 0 aromatic rings. The minimum Gasteiger partial charge on any atom is -1.00 e. The molecule has 0 unspecified atom stereocenters. The Balaban J connectivity index is 0. The van der Waals surface area contributed by atoms with Gasteiger partial charge in [0.05, 0.1) is 27.2 Å². The number of hydrogen-bond donors (Lipinski definition) is 0. The molecule has 4 radical (unpaired) electrons. The van der Waals surface area contributed by atoms with Gasteiger partial charge in [0.1, 0.15) is 0 Å². The van der Waals surface area contributed by atoms with E-state index in [0.717, 1.165) is 0 Å². The Labute approximate surface area is 106 Å². The van der Waals surface area contributed by atoms with Crippen LogP contribution in [-0.4, -0.2) is 40.1 Å². The van der Waals surface area contributed by atoms with E-state index in [2.05, 4.69) is 27.9 Å². The van der Waals surface area contributed by atoms with E-state index in [0.29, 0.717) is 0 Å². The fourth-order valence-corrected chi connectivity index (χ4v) is 2.05. The van der Waals surface area contributed by atoms with Crippen molar-refractivity contribution in [2.75, 3.05) is 27.2 Å². The SMILES string of the molecule is CCCCCC[N+](C)(C)CCCCCC.[B-]. The maximum atomic E-state index is 2.39. The summed E-state index contributed by atoms with van der Waals surface area (Å²) < 4.78 is 1.23. The Hall–Kier alpha value is 0.0249. The minimum atomic E-state index is 0. The first-order chi connectivity index (χ1) is 7.12. The van der Waals surface area contributed by atoms with Crippen molar-refractivity contribution in [1.29, 1.82) is 0 Å². The Morgan fingerprint density at radius 1 is 0.625 bits per heavy atom. The van der Waals surface area contributed by atoms with E-state index in [9.17, 15) is 0 Å². The first-order valence-corrected chi connectivity index (χ1v) is 6.94. The lowest BCUT2D eigenvalue weighted by molar-refractivity contribution is -0.890. The predicted molar refractivity (Wildman–Crippen MR) is 75.9 cm³/mol. The van der Waals surface area contributed by atoms with Crippen LogP contribution in [-0.2, 0) is 0 Å². The van der Waals surface area contributed by atoms with Crippen LogP contribution in [0.1, 0.15) is 65.2 Å². The lowest BCUT2D eigenvalue weighted by Gasteiger charge is -2.30. The van der Waals surface area contributed by atoms with Crippen molar-refractivity contribution in [2.45, 2.75) is 65.2 Å². The molecule has 0 saturated carbocycles. The second kappa shape index (κ2) is 11.5. The maximum absolute atomic E-state index is 2.39. The molecule has 0 amide bonds. The summed E-state index contributed by atoms with van der Waals surface area (Å²) >= 11 is 0. The van der Waals surface area contributed by atoms with E-state index >= 15 is 0 Å². The first kappa shape index (κ1) is 18.4. The van der Waals surface area contributed by atoms with Crippen molar-refractivity contribution < 1.29 is 4.48 Å². The normalized spacial score (nSPS) is 11.2. The smallest absolute Gasteiger partial charge is 0.0782 e. The zero-order valence-electron chi connectivity index (χ0n) is 12.1. The van der Waals surface area contributed by atoms with Crippen molar-refractivity contribution in [3.05, 3.63) is 0 Å². The second-order valence-corrected chi connectivity index (χ2v) is 5.50. The van der Waals surface area contributed by atoms with Gasteiger partial charge in [-0.05, 0) is 25.7 Å². The zero-order chi connectivity index (χ0) is 11.6. The fourth-order valence-electron chi connectivity index (χ4n) is 2.05. The van der Waals surface area contributed by atoms with E-state index in [1.54, 1.807) is 0 Å². The molecule has 96 valence electrons. The van der Waals surface area contributed by atoms with Crippen LogP contribution in [0.4, 0.5) is 0 Å². The molecule has 0 aliphatic rings. The van der Waals surface area contributed by atoms with Crippen LogP contribution < -0.4 is 0 Å². The third-order valence-electron chi connectivity index (χ3n) is 3.23. The van der Waals surface area contributed by atoms with Crippen molar-refractivity contribution in [2.24, 2.45) is 0 Å². The number of unbranched alkanes of at least 4 members (excludes halogenated alkanes) is 6. The Kier molecular flexibility index (Phi) is 13.2. The molecule has 0 N–H and O–H groups in total. The topological polar surface area (TPSA) is 0 Å². The van der Waals surface area contributed by atoms with E-state index in [1.165, 1.54) is 68.9 Å². The quantitative estimate of drug-likeness (QED) is 0.301.